The normalized spacial score (nSPS) is 18.8. The van der Waals surface area contributed by atoms with E-state index in [1.165, 1.54) is 37.3 Å². The maximum absolute atomic E-state index is 14.4. The Labute approximate surface area is 181 Å². The van der Waals surface area contributed by atoms with Crippen LogP contribution in [-0.4, -0.2) is 12.6 Å². The molecule has 6 heteroatoms. The van der Waals surface area contributed by atoms with Crippen molar-refractivity contribution in [1.82, 2.24) is 0 Å². The molecule has 3 rings (SSSR count). The van der Waals surface area contributed by atoms with Crippen LogP contribution in [0.25, 0.3) is 0 Å². The summed E-state index contributed by atoms with van der Waals surface area (Å²) >= 11 is 0. The first kappa shape index (κ1) is 23.2. The van der Waals surface area contributed by atoms with E-state index in [-0.39, 0.29) is 18.1 Å². The molecule has 2 aromatic rings. The number of benzene rings is 2. The number of halogens is 3. The molecule has 0 radical (unpaired) electrons. The highest BCUT2D eigenvalue weighted by atomic mass is 19.3. The van der Waals surface area contributed by atoms with Gasteiger partial charge in [-0.25, -0.2) is 18.0 Å². The van der Waals surface area contributed by atoms with Gasteiger partial charge in [0, 0.05) is 0 Å². The largest absolute Gasteiger partial charge is 0.491 e. The van der Waals surface area contributed by atoms with E-state index in [0.717, 1.165) is 24.8 Å². The van der Waals surface area contributed by atoms with Crippen molar-refractivity contribution < 1.29 is 27.4 Å². The molecule has 31 heavy (non-hydrogen) atoms. The zero-order chi connectivity index (χ0) is 22.4. The van der Waals surface area contributed by atoms with Gasteiger partial charge in [-0.05, 0) is 74.3 Å². The van der Waals surface area contributed by atoms with E-state index in [2.05, 4.69) is 6.92 Å². The maximum Gasteiger partial charge on any atom is 0.344 e. The van der Waals surface area contributed by atoms with Crippen LogP contribution in [-0.2, 0) is 0 Å². The van der Waals surface area contributed by atoms with E-state index in [4.69, 9.17) is 9.47 Å². The average molecular weight is 434 g/mol. The molecular weight excluding hydrogens is 405 g/mol. The second-order valence-electron chi connectivity index (χ2n) is 8.04. The van der Waals surface area contributed by atoms with E-state index in [1.54, 1.807) is 19.1 Å². The highest BCUT2D eigenvalue weighted by molar-refractivity contribution is 5.93. The summed E-state index contributed by atoms with van der Waals surface area (Å²) in [6, 6.07) is 9.44. The molecule has 0 aliphatic heterocycles. The summed E-state index contributed by atoms with van der Waals surface area (Å²) in [6.07, 6.45) is 4.09. The van der Waals surface area contributed by atoms with E-state index < -0.39 is 29.3 Å². The Kier molecular flexibility index (Phi) is 7.99. The third kappa shape index (κ3) is 5.60. The van der Waals surface area contributed by atoms with Gasteiger partial charge in [0.2, 0.25) is 0 Å². The highest BCUT2D eigenvalue weighted by Crippen LogP contribution is 2.38. The minimum Gasteiger partial charge on any atom is -0.491 e. The van der Waals surface area contributed by atoms with Gasteiger partial charge in [-0.1, -0.05) is 31.9 Å². The molecule has 0 atom stereocenters. The number of rotatable bonds is 8. The van der Waals surface area contributed by atoms with Crippen molar-refractivity contribution >= 4 is 5.97 Å². The molecule has 1 fully saturated rings. The summed E-state index contributed by atoms with van der Waals surface area (Å²) in [5, 5.41) is 0. The molecule has 3 nitrogen and oxygen atoms in total. The summed E-state index contributed by atoms with van der Waals surface area (Å²) < 4.78 is 51.5. The van der Waals surface area contributed by atoms with Crippen LogP contribution in [0.2, 0.25) is 0 Å². The first-order valence-electron chi connectivity index (χ1n) is 11.0. The Morgan fingerprint density at radius 2 is 1.71 bits per heavy atom. The Balaban J connectivity index is 1.69. The third-order valence-electron chi connectivity index (χ3n) is 5.99. The number of hydrogen-bond acceptors (Lipinski definition) is 3. The van der Waals surface area contributed by atoms with Crippen molar-refractivity contribution in [3.8, 4) is 11.5 Å². The Morgan fingerprint density at radius 1 is 1.03 bits per heavy atom. The molecule has 0 saturated heterocycles. The number of ether oxygens (including phenoxy) is 2. The van der Waals surface area contributed by atoms with Crippen molar-refractivity contribution in [2.75, 3.05) is 6.61 Å². The number of hydrogen-bond donors (Lipinski definition) is 0. The van der Waals surface area contributed by atoms with Gasteiger partial charge >= 0.3 is 5.97 Å². The lowest BCUT2D eigenvalue weighted by Crippen LogP contribution is -2.14. The van der Waals surface area contributed by atoms with Crippen LogP contribution in [0.3, 0.4) is 0 Å². The molecule has 0 aromatic heterocycles. The summed E-state index contributed by atoms with van der Waals surface area (Å²) in [4.78, 5) is 12.5. The maximum atomic E-state index is 14.4. The lowest BCUT2D eigenvalue weighted by Gasteiger charge is -2.28. The van der Waals surface area contributed by atoms with Gasteiger partial charge in [-0.3, -0.25) is 0 Å². The van der Waals surface area contributed by atoms with E-state index in [0.29, 0.717) is 5.92 Å². The number of esters is 1. The predicted molar refractivity (Wildman–Crippen MR) is 114 cm³/mol. The zero-order valence-corrected chi connectivity index (χ0v) is 18.0. The number of carbonyl (C=O) groups excluding carboxylic acids is 1. The molecule has 0 unspecified atom stereocenters. The molecule has 0 N–H and O–H groups in total. The molecule has 1 aliphatic carbocycles. The first-order valence-corrected chi connectivity index (χ1v) is 11.0. The van der Waals surface area contributed by atoms with Gasteiger partial charge in [0.15, 0.2) is 11.6 Å². The fourth-order valence-corrected chi connectivity index (χ4v) is 4.39. The van der Waals surface area contributed by atoms with E-state index in [1.807, 2.05) is 12.1 Å². The van der Waals surface area contributed by atoms with E-state index >= 15 is 0 Å². The molecule has 168 valence electrons. The Morgan fingerprint density at radius 3 is 2.29 bits per heavy atom. The average Bonchev–Trinajstić information content (AvgIpc) is 2.76. The lowest BCUT2D eigenvalue weighted by atomic mass is 9.77. The van der Waals surface area contributed by atoms with Gasteiger partial charge in [-0.2, -0.15) is 0 Å². The van der Waals surface area contributed by atoms with Crippen LogP contribution in [0.1, 0.15) is 86.2 Å². The summed E-state index contributed by atoms with van der Waals surface area (Å²) in [5.41, 5.74) is -0.319. The van der Waals surface area contributed by atoms with Gasteiger partial charge in [0.05, 0.1) is 17.7 Å². The van der Waals surface area contributed by atoms with E-state index in [9.17, 15) is 18.0 Å². The number of carbonyl (C=O) groups is 1. The topological polar surface area (TPSA) is 35.5 Å². The Hall–Kier alpha value is -2.50. The van der Waals surface area contributed by atoms with Crippen molar-refractivity contribution in [1.29, 1.82) is 0 Å². The van der Waals surface area contributed by atoms with Crippen LogP contribution >= 0.6 is 0 Å². The molecule has 0 amide bonds. The third-order valence-corrected chi connectivity index (χ3v) is 5.99. The van der Waals surface area contributed by atoms with Crippen molar-refractivity contribution in [2.24, 2.45) is 5.92 Å². The Bertz CT molecular complexity index is 872. The van der Waals surface area contributed by atoms with Gasteiger partial charge in [0.1, 0.15) is 5.75 Å². The fourth-order valence-electron chi connectivity index (χ4n) is 4.39. The monoisotopic (exact) mass is 434 g/mol. The molecule has 0 heterocycles. The molecular formula is C25H29F3O3. The predicted octanol–water partition coefficient (Wildman–Crippen LogP) is 7.46. The van der Waals surface area contributed by atoms with Crippen LogP contribution in [0.15, 0.2) is 36.4 Å². The van der Waals surface area contributed by atoms with Gasteiger partial charge in [-0.15, -0.1) is 0 Å². The van der Waals surface area contributed by atoms with Crippen LogP contribution in [0.4, 0.5) is 13.2 Å². The molecule has 2 aromatic carbocycles. The van der Waals surface area contributed by atoms with Crippen LogP contribution in [0, 0.1) is 11.7 Å². The smallest absolute Gasteiger partial charge is 0.344 e. The van der Waals surface area contributed by atoms with Crippen LogP contribution in [0.5, 0.6) is 11.5 Å². The van der Waals surface area contributed by atoms with Crippen molar-refractivity contribution in [2.45, 2.75) is 64.7 Å². The molecule has 1 aliphatic rings. The number of alkyl halides is 2. The first-order chi connectivity index (χ1) is 14.9. The summed E-state index contributed by atoms with van der Waals surface area (Å²) in [5.74, 6) is -1.02. The summed E-state index contributed by atoms with van der Waals surface area (Å²) in [6.45, 7) is 3.96. The lowest BCUT2D eigenvalue weighted by molar-refractivity contribution is 0.0719. The summed E-state index contributed by atoms with van der Waals surface area (Å²) in [7, 11) is 0. The van der Waals surface area contributed by atoms with Gasteiger partial charge < -0.3 is 9.47 Å². The van der Waals surface area contributed by atoms with Crippen LogP contribution < -0.4 is 9.47 Å². The molecule has 0 spiro atoms. The van der Waals surface area contributed by atoms with Gasteiger partial charge in [0.25, 0.3) is 6.43 Å². The zero-order valence-electron chi connectivity index (χ0n) is 18.0. The highest BCUT2D eigenvalue weighted by Gasteiger charge is 2.27. The minimum atomic E-state index is -3.17. The van der Waals surface area contributed by atoms with Crippen molar-refractivity contribution in [3.63, 3.8) is 0 Å². The molecule has 0 bridgehead atoms. The SMILES string of the molecule is CCCC1CCC(c2ccc(OC(=O)c3ccc(OCC)c(F)c3C(F)F)cc2)CC1. The minimum absolute atomic E-state index is 0.121. The fraction of sp³-hybridized carbons (Fsp3) is 0.480. The standard InChI is InChI=1S/C25H29F3O3/c1-3-5-16-6-8-17(9-7-16)18-10-12-19(13-11-18)31-25(29)20-14-15-21(30-4-2)23(26)22(20)24(27)28/h10-17,24H,3-9H2,1-2H3. The second-order valence-corrected chi connectivity index (χ2v) is 8.04. The molecule has 1 saturated carbocycles. The quantitative estimate of drug-likeness (QED) is 0.320. The second kappa shape index (κ2) is 10.7. The van der Waals surface area contributed by atoms with Crippen molar-refractivity contribution in [3.05, 3.63) is 58.9 Å².